The summed E-state index contributed by atoms with van der Waals surface area (Å²) in [6, 6.07) is 8.05. The summed E-state index contributed by atoms with van der Waals surface area (Å²) in [5.74, 6) is 0.666. The molecule has 5 rings (SSSR count). The van der Waals surface area contributed by atoms with Gasteiger partial charge in [0.25, 0.3) is 5.78 Å². The van der Waals surface area contributed by atoms with Crippen LogP contribution in [0.25, 0.3) is 16.8 Å². The zero-order valence-corrected chi connectivity index (χ0v) is 12.5. The number of nitrogens with one attached hydrogen (secondary N) is 1. The molecule has 4 aromatic rings. The van der Waals surface area contributed by atoms with Gasteiger partial charge in [0.15, 0.2) is 5.16 Å². The van der Waals surface area contributed by atoms with Crippen molar-refractivity contribution in [1.82, 2.24) is 29.5 Å². The zero-order valence-electron chi connectivity index (χ0n) is 11.7. The number of hydrogen-bond donors (Lipinski definition) is 1. The predicted octanol–water partition coefficient (Wildman–Crippen LogP) is 2.64. The number of aryl methyl sites for hydroxylation is 1. The molecule has 0 fully saturated rings. The van der Waals surface area contributed by atoms with Crippen molar-refractivity contribution in [3.05, 3.63) is 41.9 Å². The molecular weight excluding hydrogens is 296 g/mol. The number of rotatable bonds is 2. The molecule has 0 saturated heterocycles. The fraction of sp³-hybridized carbons (Fsp3) is 0.200. The first-order chi connectivity index (χ1) is 10.9. The van der Waals surface area contributed by atoms with Crippen LogP contribution in [-0.4, -0.2) is 29.5 Å². The molecular formula is C15H12N6S. The predicted molar refractivity (Wildman–Crippen MR) is 83.0 cm³/mol. The van der Waals surface area contributed by atoms with Gasteiger partial charge in [0.2, 0.25) is 0 Å². The number of aromatic amines is 1. The van der Waals surface area contributed by atoms with Crippen LogP contribution in [0.3, 0.4) is 0 Å². The molecule has 7 heteroatoms. The molecule has 0 atom stereocenters. The Morgan fingerprint density at radius 3 is 3.05 bits per heavy atom. The number of fused-ring (bicyclic) bond motifs is 3. The monoisotopic (exact) mass is 308 g/mol. The lowest BCUT2D eigenvalue weighted by molar-refractivity contribution is 0.808. The molecule has 1 aliphatic rings. The highest BCUT2D eigenvalue weighted by molar-refractivity contribution is 7.99. The van der Waals surface area contributed by atoms with E-state index in [4.69, 9.17) is 0 Å². The summed E-state index contributed by atoms with van der Waals surface area (Å²) in [4.78, 5) is 16.9. The van der Waals surface area contributed by atoms with Crippen LogP contribution in [0, 0.1) is 0 Å². The molecule has 0 saturated carbocycles. The third kappa shape index (κ3) is 1.75. The van der Waals surface area contributed by atoms with Crippen LogP contribution in [-0.2, 0) is 12.8 Å². The van der Waals surface area contributed by atoms with Gasteiger partial charge in [-0.05, 0) is 43.2 Å². The Bertz CT molecular complexity index is 969. The Morgan fingerprint density at radius 1 is 1.14 bits per heavy atom. The number of nitrogens with zero attached hydrogens (tertiary/aromatic N) is 5. The van der Waals surface area contributed by atoms with Crippen LogP contribution in [0.5, 0.6) is 0 Å². The molecule has 0 amide bonds. The molecule has 0 radical (unpaired) electrons. The Labute approximate surface area is 130 Å². The van der Waals surface area contributed by atoms with E-state index in [1.807, 2.05) is 28.8 Å². The largest absolute Gasteiger partial charge is 0.333 e. The van der Waals surface area contributed by atoms with Gasteiger partial charge in [-0.25, -0.2) is 9.97 Å². The smallest absolute Gasteiger partial charge is 0.253 e. The summed E-state index contributed by atoms with van der Waals surface area (Å²) in [5, 5.41) is 6.28. The minimum Gasteiger partial charge on any atom is -0.333 e. The van der Waals surface area contributed by atoms with Crippen molar-refractivity contribution in [2.24, 2.45) is 0 Å². The van der Waals surface area contributed by atoms with E-state index in [2.05, 4.69) is 25.0 Å². The van der Waals surface area contributed by atoms with Gasteiger partial charge in [-0.15, -0.1) is 0 Å². The lowest BCUT2D eigenvalue weighted by Crippen LogP contribution is -2.02. The standard InChI is InChI=1S/C15H12N6S/c1-2-6-12-11(5-1)19-15(20-12)22-13-9-4-3-7-10(9)18-14-16-8-17-21(13)14/h1-2,5-6,8H,3-4,7H2,(H,19,20). The summed E-state index contributed by atoms with van der Waals surface area (Å²) < 4.78 is 1.82. The molecule has 1 aromatic carbocycles. The average Bonchev–Trinajstić information content (AvgIpc) is 3.24. The molecule has 0 unspecified atom stereocenters. The zero-order chi connectivity index (χ0) is 14.5. The summed E-state index contributed by atoms with van der Waals surface area (Å²) in [7, 11) is 0. The SMILES string of the molecule is c1ccc2[nH]c(Sc3c4c(nc5ncnn35)CCC4)nc2c1. The Hall–Kier alpha value is -2.41. The van der Waals surface area contributed by atoms with Crippen LogP contribution < -0.4 is 0 Å². The maximum Gasteiger partial charge on any atom is 0.253 e. The van der Waals surface area contributed by atoms with Gasteiger partial charge in [0.05, 0.1) is 16.7 Å². The number of para-hydroxylation sites is 2. The van der Waals surface area contributed by atoms with E-state index < -0.39 is 0 Å². The third-order valence-electron chi connectivity index (χ3n) is 3.96. The van der Waals surface area contributed by atoms with Crippen molar-refractivity contribution < 1.29 is 0 Å². The maximum absolute atomic E-state index is 4.65. The molecule has 22 heavy (non-hydrogen) atoms. The molecule has 3 aromatic heterocycles. The van der Waals surface area contributed by atoms with E-state index in [9.17, 15) is 0 Å². The van der Waals surface area contributed by atoms with Crippen LogP contribution in [0.15, 0.2) is 40.8 Å². The van der Waals surface area contributed by atoms with Crippen molar-refractivity contribution >= 4 is 28.6 Å². The quantitative estimate of drug-likeness (QED) is 0.576. The Kier molecular flexibility index (Phi) is 2.51. The van der Waals surface area contributed by atoms with Gasteiger partial charge < -0.3 is 4.98 Å². The molecule has 0 spiro atoms. The van der Waals surface area contributed by atoms with E-state index >= 15 is 0 Å². The average molecular weight is 308 g/mol. The number of imidazole rings is 1. The number of H-pyrrole nitrogens is 1. The molecule has 1 aliphatic carbocycles. The fourth-order valence-corrected chi connectivity index (χ4v) is 4.01. The first-order valence-corrected chi connectivity index (χ1v) is 8.04. The highest BCUT2D eigenvalue weighted by Gasteiger charge is 2.22. The van der Waals surface area contributed by atoms with Crippen LogP contribution in [0.1, 0.15) is 17.7 Å². The summed E-state index contributed by atoms with van der Waals surface area (Å²) in [6.07, 6.45) is 4.76. The van der Waals surface area contributed by atoms with Crippen LogP contribution in [0.4, 0.5) is 0 Å². The van der Waals surface area contributed by atoms with Crippen molar-refractivity contribution in [1.29, 1.82) is 0 Å². The van der Waals surface area contributed by atoms with Crippen molar-refractivity contribution in [3.63, 3.8) is 0 Å². The topological polar surface area (TPSA) is 71.8 Å². The van der Waals surface area contributed by atoms with Gasteiger partial charge in [-0.3, -0.25) is 0 Å². The lowest BCUT2D eigenvalue weighted by atomic mass is 10.3. The second kappa shape index (κ2) is 4.54. The third-order valence-corrected chi connectivity index (χ3v) is 4.96. The van der Waals surface area contributed by atoms with E-state index in [0.717, 1.165) is 46.2 Å². The fourth-order valence-electron chi connectivity index (χ4n) is 2.96. The van der Waals surface area contributed by atoms with Gasteiger partial charge in [-0.1, -0.05) is 12.1 Å². The molecule has 1 N–H and O–H groups in total. The summed E-state index contributed by atoms with van der Waals surface area (Å²) in [6.45, 7) is 0. The second-order valence-electron chi connectivity index (χ2n) is 5.33. The first kappa shape index (κ1) is 12.2. The van der Waals surface area contributed by atoms with E-state index in [0.29, 0.717) is 5.78 Å². The normalized spacial score (nSPS) is 14.0. The van der Waals surface area contributed by atoms with E-state index in [1.54, 1.807) is 18.1 Å². The Balaban J connectivity index is 1.68. The minimum absolute atomic E-state index is 0.666. The summed E-state index contributed by atoms with van der Waals surface area (Å²) in [5.41, 5.74) is 4.46. The highest BCUT2D eigenvalue weighted by atomic mass is 32.2. The molecule has 6 nitrogen and oxygen atoms in total. The van der Waals surface area contributed by atoms with Gasteiger partial charge in [0.1, 0.15) is 11.4 Å². The van der Waals surface area contributed by atoms with Crippen molar-refractivity contribution in [2.75, 3.05) is 0 Å². The first-order valence-electron chi connectivity index (χ1n) is 7.22. The molecule has 3 heterocycles. The number of benzene rings is 1. The number of hydrogen-bond acceptors (Lipinski definition) is 5. The van der Waals surface area contributed by atoms with Gasteiger partial charge in [0, 0.05) is 5.56 Å². The molecule has 108 valence electrons. The molecule has 0 bridgehead atoms. The van der Waals surface area contributed by atoms with Crippen molar-refractivity contribution in [3.8, 4) is 0 Å². The molecule has 0 aliphatic heterocycles. The van der Waals surface area contributed by atoms with Gasteiger partial charge in [-0.2, -0.15) is 14.6 Å². The maximum atomic E-state index is 4.65. The second-order valence-corrected chi connectivity index (χ2v) is 6.31. The Morgan fingerprint density at radius 2 is 2.09 bits per heavy atom. The van der Waals surface area contributed by atoms with Gasteiger partial charge >= 0.3 is 0 Å². The summed E-state index contributed by atoms with van der Waals surface area (Å²) >= 11 is 1.61. The highest BCUT2D eigenvalue weighted by Crippen LogP contribution is 2.34. The van der Waals surface area contributed by atoms with Crippen LogP contribution >= 0.6 is 11.8 Å². The number of aromatic nitrogens is 6. The minimum atomic E-state index is 0.666. The lowest BCUT2D eigenvalue weighted by Gasteiger charge is -2.07. The van der Waals surface area contributed by atoms with E-state index in [1.165, 1.54) is 5.56 Å². The van der Waals surface area contributed by atoms with Crippen LogP contribution in [0.2, 0.25) is 0 Å². The van der Waals surface area contributed by atoms with Crippen molar-refractivity contribution in [2.45, 2.75) is 29.4 Å². The van der Waals surface area contributed by atoms with E-state index in [-0.39, 0.29) is 0 Å².